The lowest BCUT2D eigenvalue weighted by Gasteiger charge is -2.12. The second kappa shape index (κ2) is 4.77. The predicted octanol–water partition coefficient (Wildman–Crippen LogP) is 3.89. The van der Waals surface area contributed by atoms with Gasteiger partial charge in [-0.25, -0.2) is 4.98 Å². The second-order valence-corrected chi connectivity index (χ2v) is 4.40. The van der Waals surface area contributed by atoms with Crippen LogP contribution in [-0.4, -0.2) is 16.6 Å². The van der Waals surface area contributed by atoms with Crippen molar-refractivity contribution >= 4 is 17.5 Å². The number of aromatic nitrogens is 2. The van der Waals surface area contributed by atoms with Gasteiger partial charge in [0.25, 0.3) is 0 Å². The average Bonchev–Trinajstić information content (AvgIpc) is 2.69. The van der Waals surface area contributed by atoms with Crippen molar-refractivity contribution in [2.75, 3.05) is 12.4 Å². The minimum absolute atomic E-state index is 0.0173. The van der Waals surface area contributed by atoms with Crippen LogP contribution in [0.3, 0.4) is 0 Å². The van der Waals surface area contributed by atoms with E-state index < -0.39 is 11.7 Å². The number of rotatable bonds is 2. The van der Waals surface area contributed by atoms with Crippen LogP contribution < -0.4 is 5.32 Å². The molecule has 0 radical (unpaired) electrons. The third-order valence-corrected chi connectivity index (χ3v) is 2.89. The summed E-state index contributed by atoms with van der Waals surface area (Å²) in [6, 6.07) is 3.23. The van der Waals surface area contributed by atoms with Crippen LogP contribution in [0, 0.1) is 6.92 Å². The van der Waals surface area contributed by atoms with Crippen LogP contribution in [0.4, 0.5) is 19.1 Å². The molecule has 1 aromatic carbocycles. The molecular formula is C12H11ClF3N3. The van der Waals surface area contributed by atoms with Crippen LogP contribution in [0.2, 0.25) is 5.02 Å². The second-order valence-electron chi connectivity index (χ2n) is 3.99. The van der Waals surface area contributed by atoms with Crippen molar-refractivity contribution in [3.8, 4) is 5.69 Å². The maximum absolute atomic E-state index is 12.6. The quantitative estimate of drug-likeness (QED) is 0.909. The van der Waals surface area contributed by atoms with Gasteiger partial charge >= 0.3 is 6.18 Å². The Labute approximate surface area is 113 Å². The first-order valence-corrected chi connectivity index (χ1v) is 5.81. The molecule has 0 saturated heterocycles. The number of benzene rings is 1. The first-order chi connectivity index (χ1) is 8.82. The molecule has 0 fully saturated rings. The summed E-state index contributed by atoms with van der Waals surface area (Å²) in [7, 11) is 1.68. The molecule has 0 aliphatic rings. The van der Waals surface area contributed by atoms with E-state index >= 15 is 0 Å². The molecule has 0 atom stereocenters. The molecule has 0 saturated carbocycles. The summed E-state index contributed by atoms with van der Waals surface area (Å²) in [6.45, 7) is 1.79. The monoisotopic (exact) mass is 289 g/mol. The van der Waals surface area contributed by atoms with Crippen LogP contribution >= 0.6 is 11.6 Å². The molecule has 2 aromatic rings. The highest BCUT2D eigenvalue weighted by atomic mass is 35.5. The zero-order valence-electron chi connectivity index (χ0n) is 10.2. The van der Waals surface area contributed by atoms with Gasteiger partial charge in [0.1, 0.15) is 0 Å². The van der Waals surface area contributed by atoms with Crippen LogP contribution in [0.5, 0.6) is 0 Å². The third kappa shape index (κ3) is 2.68. The molecule has 1 N–H and O–H groups in total. The van der Waals surface area contributed by atoms with E-state index in [0.717, 1.165) is 17.8 Å². The number of nitrogens with zero attached hydrogens (tertiary/aromatic N) is 2. The first-order valence-electron chi connectivity index (χ1n) is 5.44. The maximum Gasteiger partial charge on any atom is 0.416 e. The van der Waals surface area contributed by atoms with Crippen molar-refractivity contribution in [2.45, 2.75) is 13.1 Å². The molecule has 0 bridgehead atoms. The van der Waals surface area contributed by atoms with Crippen molar-refractivity contribution < 1.29 is 13.2 Å². The van der Waals surface area contributed by atoms with Crippen molar-refractivity contribution in [3.63, 3.8) is 0 Å². The molecule has 0 aliphatic heterocycles. The van der Waals surface area contributed by atoms with Gasteiger partial charge in [0, 0.05) is 13.2 Å². The molecule has 102 valence electrons. The van der Waals surface area contributed by atoms with Gasteiger partial charge in [-0.05, 0) is 25.1 Å². The summed E-state index contributed by atoms with van der Waals surface area (Å²) in [4.78, 5) is 4.19. The lowest BCUT2D eigenvalue weighted by molar-refractivity contribution is -0.137. The largest absolute Gasteiger partial charge is 0.416 e. The number of anilines is 1. The number of nitrogens with one attached hydrogen (secondary N) is 1. The summed E-state index contributed by atoms with van der Waals surface area (Å²) >= 11 is 5.93. The van der Waals surface area contributed by atoms with Crippen LogP contribution in [-0.2, 0) is 6.18 Å². The number of aryl methyl sites for hydroxylation is 1. The van der Waals surface area contributed by atoms with E-state index in [1.54, 1.807) is 24.7 Å². The standard InChI is InChI=1S/C12H11ClF3N3/c1-7-6-19(11(17-2)18-7)10-4-3-8(5-9(10)13)12(14,15)16/h3-6H,1-2H3,(H,17,18). The summed E-state index contributed by atoms with van der Waals surface area (Å²) in [5.41, 5.74) is 0.407. The molecule has 7 heteroatoms. The fourth-order valence-corrected chi connectivity index (χ4v) is 2.01. The van der Waals surface area contributed by atoms with Gasteiger partial charge in [0.15, 0.2) is 0 Å². The predicted molar refractivity (Wildman–Crippen MR) is 67.9 cm³/mol. The molecule has 0 unspecified atom stereocenters. The Morgan fingerprint density at radius 3 is 2.53 bits per heavy atom. The first kappa shape index (κ1) is 13.7. The fraction of sp³-hybridized carbons (Fsp3) is 0.250. The summed E-state index contributed by atoms with van der Waals surface area (Å²) in [5.74, 6) is 0.513. The Kier molecular flexibility index (Phi) is 3.45. The lowest BCUT2D eigenvalue weighted by atomic mass is 10.2. The number of hydrogen-bond donors (Lipinski definition) is 1. The number of imidazole rings is 1. The highest BCUT2D eigenvalue weighted by Crippen LogP contribution is 2.33. The molecule has 19 heavy (non-hydrogen) atoms. The van der Waals surface area contributed by atoms with E-state index in [2.05, 4.69) is 10.3 Å². The minimum atomic E-state index is -4.40. The van der Waals surface area contributed by atoms with Gasteiger partial charge in [-0.2, -0.15) is 13.2 Å². The minimum Gasteiger partial charge on any atom is -0.358 e. The molecule has 3 nitrogen and oxygen atoms in total. The fourth-order valence-electron chi connectivity index (χ4n) is 1.74. The molecule has 2 rings (SSSR count). The molecule has 1 aromatic heterocycles. The molecule has 0 aliphatic carbocycles. The molecular weight excluding hydrogens is 279 g/mol. The maximum atomic E-state index is 12.6. The van der Waals surface area contributed by atoms with Crippen LogP contribution in [0.25, 0.3) is 5.69 Å². The van der Waals surface area contributed by atoms with Crippen molar-refractivity contribution in [2.24, 2.45) is 0 Å². The van der Waals surface area contributed by atoms with Crippen molar-refractivity contribution in [1.29, 1.82) is 0 Å². The Morgan fingerprint density at radius 1 is 1.32 bits per heavy atom. The summed E-state index contributed by atoms with van der Waals surface area (Å²) in [5, 5.41) is 2.88. The molecule has 1 heterocycles. The number of halogens is 4. The van der Waals surface area contributed by atoms with Crippen LogP contribution in [0.15, 0.2) is 24.4 Å². The summed E-state index contributed by atoms with van der Waals surface area (Å²) in [6.07, 6.45) is -2.71. The van der Waals surface area contributed by atoms with Crippen LogP contribution in [0.1, 0.15) is 11.3 Å². The Balaban J connectivity index is 2.52. The Bertz CT molecular complexity index is 605. The van der Waals surface area contributed by atoms with Crippen molar-refractivity contribution in [1.82, 2.24) is 9.55 Å². The van der Waals surface area contributed by atoms with E-state index in [0.29, 0.717) is 11.6 Å². The van der Waals surface area contributed by atoms with Crippen molar-refractivity contribution in [3.05, 3.63) is 40.7 Å². The Hall–Kier alpha value is -1.69. The molecule has 0 amide bonds. The van der Waals surface area contributed by atoms with E-state index in [1.807, 2.05) is 0 Å². The van der Waals surface area contributed by atoms with Gasteiger partial charge in [-0.3, -0.25) is 4.57 Å². The van der Waals surface area contributed by atoms with Gasteiger partial charge in [0.2, 0.25) is 5.95 Å². The zero-order valence-corrected chi connectivity index (χ0v) is 11.0. The smallest absolute Gasteiger partial charge is 0.358 e. The van der Waals surface area contributed by atoms with Gasteiger partial charge < -0.3 is 5.32 Å². The van der Waals surface area contributed by atoms with E-state index in [9.17, 15) is 13.2 Å². The number of hydrogen-bond acceptors (Lipinski definition) is 2. The third-order valence-electron chi connectivity index (χ3n) is 2.58. The van der Waals surface area contributed by atoms with Gasteiger partial charge in [0.05, 0.1) is 22.0 Å². The SMILES string of the molecule is CNc1nc(C)cn1-c1ccc(C(F)(F)F)cc1Cl. The lowest BCUT2D eigenvalue weighted by Crippen LogP contribution is -2.06. The van der Waals surface area contributed by atoms with Gasteiger partial charge in [-0.1, -0.05) is 11.6 Å². The topological polar surface area (TPSA) is 29.9 Å². The van der Waals surface area contributed by atoms with E-state index in [4.69, 9.17) is 11.6 Å². The Morgan fingerprint density at radius 2 is 2.00 bits per heavy atom. The summed E-state index contributed by atoms with van der Waals surface area (Å²) < 4.78 is 39.3. The average molecular weight is 290 g/mol. The normalized spacial score (nSPS) is 11.7. The highest BCUT2D eigenvalue weighted by Gasteiger charge is 2.31. The molecule has 0 spiro atoms. The van der Waals surface area contributed by atoms with Gasteiger partial charge in [-0.15, -0.1) is 0 Å². The van der Waals surface area contributed by atoms with E-state index in [1.165, 1.54) is 6.07 Å². The number of alkyl halides is 3. The highest BCUT2D eigenvalue weighted by molar-refractivity contribution is 6.32. The zero-order chi connectivity index (χ0) is 14.2. The van der Waals surface area contributed by atoms with E-state index in [-0.39, 0.29) is 5.02 Å².